The van der Waals surface area contributed by atoms with Crippen LogP contribution < -0.4 is 15.1 Å². The van der Waals surface area contributed by atoms with E-state index in [4.69, 9.17) is 0 Å². The predicted octanol–water partition coefficient (Wildman–Crippen LogP) is 1.29. The topological polar surface area (TPSA) is 44.3 Å². The first-order chi connectivity index (χ1) is 8.58. The van der Waals surface area contributed by atoms with Crippen molar-refractivity contribution in [1.29, 1.82) is 0 Å². The van der Waals surface area contributed by atoms with Crippen LogP contribution in [0.1, 0.15) is 19.2 Å². The maximum absolute atomic E-state index is 4.49. The van der Waals surface area contributed by atoms with E-state index in [0.29, 0.717) is 0 Å². The standard InChI is InChI=1S/C13H25N5/c1-6-8-17(4)12-10-13(16-11(2)15-12)18(5)9-7-14-3/h10,14H,6-9H2,1-5H3. The lowest BCUT2D eigenvalue weighted by Gasteiger charge is -2.22. The van der Waals surface area contributed by atoms with Gasteiger partial charge in [0.15, 0.2) is 0 Å². The normalized spacial score (nSPS) is 10.5. The maximum Gasteiger partial charge on any atom is 0.134 e. The van der Waals surface area contributed by atoms with Crippen molar-refractivity contribution in [2.24, 2.45) is 0 Å². The van der Waals surface area contributed by atoms with Crippen LogP contribution in [0.5, 0.6) is 0 Å². The maximum atomic E-state index is 4.49. The summed E-state index contributed by atoms with van der Waals surface area (Å²) in [6.45, 7) is 7.00. The fourth-order valence-electron chi connectivity index (χ4n) is 1.77. The second-order valence-corrected chi connectivity index (χ2v) is 4.58. The highest BCUT2D eigenvalue weighted by atomic mass is 15.2. The molecule has 5 nitrogen and oxygen atoms in total. The van der Waals surface area contributed by atoms with Crippen molar-refractivity contribution in [1.82, 2.24) is 15.3 Å². The van der Waals surface area contributed by atoms with Gasteiger partial charge in [-0.25, -0.2) is 9.97 Å². The van der Waals surface area contributed by atoms with Crippen LogP contribution in [-0.2, 0) is 0 Å². The van der Waals surface area contributed by atoms with Gasteiger partial charge in [0.2, 0.25) is 0 Å². The van der Waals surface area contributed by atoms with Crippen LogP contribution in [-0.4, -0.2) is 50.7 Å². The average molecular weight is 251 g/mol. The van der Waals surface area contributed by atoms with Gasteiger partial charge in [0, 0.05) is 39.8 Å². The summed E-state index contributed by atoms with van der Waals surface area (Å²) in [5.74, 6) is 2.80. The molecule has 0 atom stereocenters. The Morgan fingerprint density at radius 2 is 1.67 bits per heavy atom. The van der Waals surface area contributed by atoms with Crippen LogP contribution in [0.3, 0.4) is 0 Å². The Balaban J connectivity index is 2.86. The second kappa shape index (κ2) is 7.16. The van der Waals surface area contributed by atoms with Crippen molar-refractivity contribution in [3.8, 4) is 0 Å². The van der Waals surface area contributed by atoms with Gasteiger partial charge in [0.1, 0.15) is 17.5 Å². The third kappa shape index (κ3) is 4.14. The smallest absolute Gasteiger partial charge is 0.134 e. The second-order valence-electron chi connectivity index (χ2n) is 4.58. The number of hydrogen-bond acceptors (Lipinski definition) is 5. The number of aromatic nitrogens is 2. The van der Waals surface area contributed by atoms with Crippen molar-refractivity contribution >= 4 is 11.6 Å². The first-order valence-electron chi connectivity index (χ1n) is 6.51. The summed E-state index contributed by atoms with van der Waals surface area (Å²) in [7, 11) is 6.09. The Labute approximate surface area is 110 Å². The molecule has 1 rings (SSSR count). The molecule has 5 heteroatoms. The molecule has 0 aromatic carbocycles. The molecule has 0 fully saturated rings. The Kier molecular flexibility index (Phi) is 5.85. The van der Waals surface area contributed by atoms with E-state index in [0.717, 1.165) is 43.5 Å². The molecule has 0 saturated heterocycles. The van der Waals surface area contributed by atoms with Crippen molar-refractivity contribution in [2.45, 2.75) is 20.3 Å². The van der Waals surface area contributed by atoms with Crippen LogP contribution in [0.2, 0.25) is 0 Å². The molecule has 102 valence electrons. The summed E-state index contributed by atoms with van der Waals surface area (Å²) < 4.78 is 0. The Hall–Kier alpha value is -1.36. The number of aryl methyl sites for hydroxylation is 1. The average Bonchev–Trinajstić information content (AvgIpc) is 2.35. The monoisotopic (exact) mass is 251 g/mol. The van der Waals surface area contributed by atoms with Gasteiger partial charge < -0.3 is 15.1 Å². The van der Waals surface area contributed by atoms with E-state index in [9.17, 15) is 0 Å². The lowest BCUT2D eigenvalue weighted by atomic mass is 10.4. The van der Waals surface area contributed by atoms with Gasteiger partial charge in [-0.2, -0.15) is 0 Å². The fourth-order valence-corrected chi connectivity index (χ4v) is 1.77. The molecule has 1 aromatic rings. The number of anilines is 2. The highest BCUT2D eigenvalue weighted by Gasteiger charge is 2.08. The summed E-state index contributed by atoms with van der Waals surface area (Å²) >= 11 is 0. The lowest BCUT2D eigenvalue weighted by Crippen LogP contribution is -2.28. The highest BCUT2D eigenvalue weighted by molar-refractivity contribution is 5.50. The van der Waals surface area contributed by atoms with Crippen LogP contribution in [0.25, 0.3) is 0 Å². The summed E-state index contributed by atoms with van der Waals surface area (Å²) in [5.41, 5.74) is 0. The molecule has 18 heavy (non-hydrogen) atoms. The first-order valence-corrected chi connectivity index (χ1v) is 6.51. The summed E-state index contributed by atoms with van der Waals surface area (Å²) in [4.78, 5) is 13.3. The summed E-state index contributed by atoms with van der Waals surface area (Å²) in [6.07, 6.45) is 1.12. The van der Waals surface area contributed by atoms with Gasteiger partial charge >= 0.3 is 0 Å². The lowest BCUT2D eigenvalue weighted by molar-refractivity contribution is 0.756. The van der Waals surface area contributed by atoms with Crippen LogP contribution in [0.4, 0.5) is 11.6 Å². The number of nitrogens with zero attached hydrogens (tertiary/aromatic N) is 4. The van der Waals surface area contributed by atoms with Crippen molar-refractivity contribution < 1.29 is 0 Å². The molecule has 1 aromatic heterocycles. The predicted molar refractivity (Wildman–Crippen MR) is 77.5 cm³/mol. The molecular weight excluding hydrogens is 226 g/mol. The third-order valence-corrected chi connectivity index (χ3v) is 2.85. The molecule has 1 N–H and O–H groups in total. The SMILES string of the molecule is CCCN(C)c1cc(N(C)CCNC)nc(C)n1. The van der Waals surface area contributed by atoms with E-state index in [1.807, 2.05) is 14.0 Å². The Morgan fingerprint density at radius 3 is 2.17 bits per heavy atom. The zero-order chi connectivity index (χ0) is 13.5. The third-order valence-electron chi connectivity index (χ3n) is 2.85. The zero-order valence-corrected chi connectivity index (χ0v) is 12.2. The van der Waals surface area contributed by atoms with Crippen LogP contribution in [0, 0.1) is 6.92 Å². The molecule has 0 aliphatic rings. The quantitative estimate of drug-likeness (QED) is 0.791. The Morgan fingerprint density at radius 1 is 1.11 bits per heavy atom. The van der Waals surface area contributed by atoms with E-state index in [-0.39, 0.29) is 0 Å². The van der Waals surface area contributed by atoms with Gasteiger partial charge in [-0.1, -0.05) is 6.92 Å². The molecule has 0 bridgehead atoms. The number of hydrogen-bond donors (Lipinski definition) is 1. The van der Waals surface area contributed by atoms with Crippen molar-refractivity contribution in [2.75, 3.05) is 50.6 Å². The van der Waals surface area contributed by atoms with E-state index in [1.165, 1.54) is 0 Å². The minimum atomic E-state index is 0.821. The molecule has 1 heterocycles. The summed E-state index contributed by atoms with van der Waals surface area (Å²) in [5, 5.41) is 3.15. The number of rotatable bonds is 7. The molecule has 0 spiro atoms. The molecule has 0 aliphatic heterocycles. The molecule has 0 unspecified atom stereocenters. The molecule has 0 aliphatic carbocycles. The minimum absolute atomic E-state index is 0.821. The van der Waals surface area contributed by atoms with Gasteiger partial charge in [-0.05, 0) is 20.4 Å². The van der Waals surface area contributed by atoms with Gasteiger partial charge in [0.05, 0.1) is 0 Å². The zero-order valence-electron chi connectivity index (χ0n) is 12.2. The van der Waals surface area contributed by atoms with E-state index in [1.54, 1.807) is 0 Å². The van der Waals surface area contributed by atoms with Gasteiger partial charge in [-0.15, -0.1) is 0 Å². The van der Waals surface area contributed by atoms with E-state index in [2.05, 4.69) is 52.2 Å². The van der Waals surface area contributed by atoms with Gasteiger partial charge in [0.25, 0.3) is 0 Å². The fraction of sp³-hybridized carbons (Fsp3) is 0.692. The van der Waals surface area contributed by atoms with Crippen LogP contribution >= 0.6 is 0 Å². The minimum Gasteiger partial charge on any atom is -0.360 e. The van der Waals surface area contributed by atoms with Crippen molar-refractivity contribution in [3.63, 3.8) is 0 Å². The van der Waals surface area contributed by atoms with E-state index < -0.39 is 0 Å². The summed E-state index contributed by atoms with van der Waals surface area (Å²) in [6, 6.07) is 2.05. The van der Waals surface area contributed by atoms with Crippen LogP contribution in [0.15, 0.2) is 6.07 Å². The van der Waals surface area contributed by atoms with Gasteiger partial charge in [-0.3, -0.25) is 0 Å². The Bertz CT molecular complexity index is 366. The number of nitrogens with one attached hydrogen (secondary N) is 1. The number of likely N-dealkylation sites (N-methyl/N-ethyl adjacent to an activating group) is 2. The highest BCUT2D eigenvalue weighted by Crippen LogP contribution is 2.17. The van der Waals surface area contributed by atoms with E-state index >= 15 is 0 Å². The largest absolute Gasteiger partial charge is 0.360 e. The van der Waals surface area contributed by atoms with Crippen molar-refractivity contribution in [3.05, 3.63) is 11.9 Å². The molecule has 0 amide bonds. The molecule has 0 radical (unpaired) electrons. The first kappa shape index (κ1) is 14.7. The molecule has 0 saturated carbocycles. The molecular formula is C13H25N5.